The number of benzene rings is 1. The molecule has 1 N–H and O–H groups in total. The normalized spacial score (nSPS) is 15.6. The van der Waals surface area contributed by atoms with Crippen LogP contribution in [0.25, 0.3) is 0 Å². The van der Waals surface area contributed by atoms with Gasteiger partial charge in [0.2, 0.25) is 5.91 Å². The molecule has 0 saturated carbocycles. The van der Waals surface area contributed by atoms with Crippen LogP contribution in [0.4, 0.5) is 5.69 Å². The highest BCUT2D eigenvalue weighted by molar-refractivity contribution is 6.09. The zero-order valence-electron chi connectivity index (χ0n) is 8.89. The van der Waals surface area contributed by atoms with E-state index in [4.69, 9.17) is 0 Å². The van der Waals surface area contributed by atoms with Crippen LogP contribution >= 0.6 is 0 Å². The number of amides is 1. The molecule has 0 radical (unpaired) electrons. The zero-order chi connectivity index (χ0) is 11.0. The van der Waals surface area contributed by atoms with Crippen molar-refractivity contribution in [3.05, 3.63) is 28.8 Å². The van der Waals surface area contributed by atoms with Crippen LogP contribution in [-0.2, 0) is 4.79 Å². The second-order valence-electron chi connectivity index (χ2n) is 3.95. The maximum atomic E-state index is 11.7. The second kappa shape index (κ2) is 3.50. The molecule has 1 aromatic rings. The molecule has 1 heterocycles. The molecule has 15 heavy (non-hydrogen) atoms. The first-order valence-electron chi connectivity index (χ1n) is 5.02. The van der Waals surface area contributed by atoms with Crippen molar-refractivity contribution in [2.24, 2.45) is 0 Å². The molecule has 0 aromatic heterocycles. The molecule has 1 aliphatic rings. The van der Waals surface area contributed by atoms with Gasteiger partial charge in [-0.3, -0.25) is 9.59 Å². The number of nitrogens with one attached hydrogen (secondary N) is 1. The lowest BCUT2D eigenvalue weighted by Crippen LogP contribution is -2.09. The fourth-order valence-corrected chi connectivity index (χ4v) is 1.72. The van der Waals surface area contributed by atoms with Crippen molar-refractivity contribution >= 4 is 17.4 Å². The molecule has 1 amide bonds. The summed E-state index contributed by atoms with van der Waals surface area (Å²) >= 11 is 0. The predicted octanol–water partition coefficient (Wildman–Crippen LogP) is 2.22. The van der Waals surface area contributed by atoms with E-state index in [1.54, 1.807) is 0 Å². The van der Waals surface area contributed by atoms with Gasteiger partial charge >= 0.3 is 0 Å². The first-order chi connectivity index (χ1) is 7.08. The number of ketones is 1. The van der Waals surface area contributed by atoms with E-state index in [1.165, 1.54) is 0 Å². The summed E-state index contributed by atoms with van der Waals surface area (Å²) in [5, 5.41) is 2.76. The SMILES string of the molecule is Cc1cc2c(cc1C)C(=O)CCC(=O)N2. The Kier molecular flexibility index (Phi) is 2.31. The quantitative estimate of drug-likeness (QED) is 0.702. The molecule has 1 aliphatic heterocycles. The molecule has 78 valence electrons. The molecule has 0 atom stereocenters. The van der Waals surface area contributed by atoms with Crippen LogP contribution in [0.2, 0.25) is 0 Å². The van der Waals surface area contributed by atoms with E-state index in [-0.39, 0.29) is 18.1 Å². The van der Waals surface area contributed by atoms with Crippen LogP contribution < -0.4 is 5.32 Å². The molecular formula is C12H13NO2. The Morgan fingerprint density at radius 2 is 1.73 bits per heavy atom. The fraction of sp³-hybridized carbons (Fsp3) is 0.333. The van der Waals surface area contributed by atoms with Crippen molar-refractivity contribution in [3.8, 4) is 0 Å². The maximum Gasteiger partial charge on any atom is 0.224 e. The molecule has 3 nitrogen and oxygen atoms in total. The summed E-state index contributed by atoms with van der Waals surface area (Å²) in [7, 11) is 0. The van der Waals surface area contributed by atoms with Crippen molar-refractivity contribution in [3.63, 3.8) is 0 Å². The molecule has 0 fully saturated rings. The van der Waals surface area contributed by atoms with Crippen molar-refractivity contribution in [1.82, 2.24) is 0 Å². The Labute approximate surface area is 88.5 Å². The Morgan fingerprint density at radius 1 is 1.07 bits per heavy atom. The van der Waals surface area contributed by atoms with Crippen molar-refractivity contribution < 1.29 is 9.59 Å². The number of rotatable bonds is 0. The molecule has 1 aromatic carbocycles. The minimum absolute atomic E-state index is 0.0476. The number of carbonyl (C=O) groups is 2. The summed E-state index contributed by atoms with van der Waals surface area (Å²) in [6, 6.07) is 3.73. The van der Waals surface area contributed by atoms with E-state index in [0.717, 1.165) is 11.1 Å². The van der Waals surface area contributed by atoms with Gasteiger partial charge in [-0.25, -0.2) is 0 Å². The van der Waals surface area contributed by atoms with E-state index in [1.807, 2.05) is 26.0 Å². The van der Waals surface area contributed by atoms with Gasteiger partial charge in [0.15, 0.2) is 5.78 Å². The molecule has 0 bridgehead atoms. The van der Waals surface area contributed by atoms with Crippen LogP contribution in [0.3, 0.4) is 0 Å². The number of hydrogen-bond donors (Lipinski definition) is 1. The topological polar surface area (TPSA) is 46.2 Å². The first-order valence-corrected chi connectivity index (χ1v) is 5.02. The van der Waals surface area contributed by atoms with Gasteiger partial charge in [0, 0.05) is 18.4 Å². The Morgan fingerprint density at radius 3 is 2.47 bits per heavy atom. The molecule has 0 aliphatic carbocycles. The summed E-state index contributed by atoms with van der Waals surface area (Å²) in [5.74, 6) is -0.0307. The van der Waals surface area contributed by atoms with E-state index in [9.17, 15) is 9.59 Å². The van der Waals surface area contributed by atoms with Gasteiger partial charge in [-0.2, -0.15) is 0 Å². The molecule has 0 unspecified atom stereocenters. The summed E-state index contributed by atoms with van der Waals surface area (Å²) in [5.41, 5.74) is 3.47. The third kappa shape index (κ3) is 1.77. The van der Waals surface area contributed by atoms with Crippen LogP contribution in [0.1, 0.15) is 34.3 Å². The summed E-state index contributed by atoms with van der Waals surface area (Å²) < 4.78 is 0. The third-order valence-corrected chi connectivity index (χ3v) is 2.79. The van der Waals surface area contributed by atoms with Crippen LogP contribution in [0.15, 0.2) is 12.1 Å². The highest BCUT2D eigenvalue weighted by atomic mass is 16.2. The third-order valence-electron chi connectivity index (χ3n) is 2.79. The van der Waals surface area contributed by atoms with Crippen LogP contribution in [0, 0.1) is 13.8 Å². The Hall–Kier alpha value is -1.64. The molecular weight excluding hydrogens is 190 g/mol. The molecule has 0 spiro atoms. The summed E-state index contributed by atoms with van der Waals surface area (Å²) in [4.78, 5) is 23.0. The summed E-state index contributed by atoms with van der Waals surface area (Å²) in [6.45, 7) is 3.94. The number of carbonyl (C=O) groups excluding carboxylic acids is 2. The molecule has 0 saturated heterocycles. The first kappa shape index (κ1) is 9.90. The van der Waals surface area contributed by atoms with Gasteiger partial charge in [0.1, 0.15) is 0 Å². The van der Waals surface area contributed by atoms with Gasteiger partial charge in [-0.1, -0.05) is 0 Å². The number of hydrogen-bond acceptors (Lipinski definition) is 2. The minimum Gasteiger partial charge on any atom is -0.325 e. The predicted molar refractivity (Wildman–Crippen MR) is 58.1 cm³/mol. The maximum absolute atomic E-state index is 11.7. The monoisotopic (exact) mass is 203 g/mol. The number of Topliss-reactive ketones (excluding diaryl/α,β-unsaturated/α-hetero) is 1. The molecule has 2 rings (SSSR count). The van der Waals surface area contributed by atoms with Gasteiger partial charge in [0.05, 0.1) is 5.69 Å². The number of anilines is 1. The van der Waals surface area contributed by atoms with Gasteiger partial charge < -0.3 is 5.32 Å². The zero-order valence-corrected chi connectivity index (χ0v) is 8.89. The number of fused-ring (bicyclic) bond motifs is 1. The van der Waals surface area contributed by atoms with Gasteiger partial charge in [0.25, 0.3) is 0 Å². The van der Waals surface area contributed by atoms with E-state index < -0.39 is 0 Å². The van der Waals surface area contributed by atoms with Crippen molar-refractivity contribution in [2.45, 2.75) is 26.7 Å². The highest BCUT2D eigenvalue weighted by Gasteiger charge is 2.19. The van der Waals surface area contributed by atoms with Crippen molar-refractivity contribution in [2.75, 3.05) is 5.32 Å². The smallest absolute Gasteiger partial charge is 0.224 e. The summed E-state index contributed by atoms with van der Waals surface area (Å²) in [6.07, 6.45) is 0.590. The average molecular weight is 203 g/mol. The Balaban J connectivity index is 2.57. The average Bonchev–Trinajstić information content (AvgIpc) is 2.30. The largest absolute Gasteiger partial charge is 0.325 e. The van der Waals surface area contributed by atoms with E-state index in [0.29, 0.717) is 17.7 Å². The van der Waals surface area contributed by atoms with Gasteiger partial charge in [-0.15, -0.1) is 0 Å². The standard InChI is InChI=1S/C12H13NO2/c1-7-5-9-10(6-8(7)2)13-12(15)4-3-11(9)14/h5-6H,3-4H2,1-2H3,(H,13,15). The van der Waals surface area contributed by atoms with E-state index in [2.05, 4.69) is 5.32 Å². The second-order valence-corrected chi connectivity index (χ2v) is 3.95. The Bertz CT molecular complexity index is 449. The van der Waals surface area contributed by atoms with Crippen molar-refractivity contribution in [1.29, 1.82) is 0 Å². The van der Waals surface area contributed by atoms with Crippen LogP contribution in [-0.4, -0.2) is 11.7 Å². The highest BCUT2D eigenvalue weighted by Crippen LogP contribution is 2.25. The lowest BCUT2D eigenvalue weighted by Gasteiger charge is -2.09. The van der Waals surface area contributed by atoms with E-state index >= 15 is 0 Å². The minimum atomic E-state index is -0.0784. The lowest BCUT2D eigenvalue weighted by molar-refractivity contribution is -0.116. The fourth-order valence-electron chi connectivity index (χ4n) is 1.72. The molecule has 3 heteroatoms. The lowest BCUT2D eigenvalue weighted by atomic mass is 10.0. The number of aryl methyl sites for hydroxylation is 2. The van der Waals surface area contributed by atoms with Crippen LogP contribution in [0.5, 0.6) is 0 Å². The van der Waals surface area contributed by atoms with Gasteiger partial charge in [-0.05, 0) is 37.1 Å².